The van der Waals surface area contributed by atoms with Crippen molar-refractivity contribution in [1.82, 2.24) is 0 Å². The molecule has 37 heavy (non-hydrogen) atoms. The molecule has 3 fully saturated rings. The van der Waals surface area contributed by atoms with E-state index in [4.69, 9.17) is 4.74 Å². The number of carboxylic acid groups (broad SMARTS) is 1. The van der Waals surface area contributed by atoms with Crippen molar-refractivity contribution >= 4 is 28.9 Å². The van der Waals surface area contributed by atoms with Gasteiger partial charge in [0.2, 0.25) is 5.91 Å². The summed E-state index contributed by atoms with van der Waals surface area (Å²) >= 11 is 1.17. The highest BCUT2D eigenvalue weighted by molar-refractivity contribution is 7.15. The molecule has 0 unspecified atom stereocenters. The predicted octanol–water partition coefficient (Wildman–Crippen LogP) is 6.24. The number of aliphatic hydroxyl groups is 1. The monoisotopic (exact) mass is 529 g/mol. The summed E-state index contributed by atoms with van der Waals surface area (Å²) < 4.78 is 6.25. The van der Waals surface area contributed by atoms with Gasteiger partial charge in [-0.05, 0) is 103 Å². The Bertz CT molecular complexity index is 1010. The second-order valence-electron chi connectivity index (χ2n) is 12.4. The Morgan fingerprint density at radius 3 is 2.27 bits per heavy atom. The Labute approximate surface area is 225 Å². The number of nitrogens with zero attached hydrogens (tertiary/aromatic N) is 1. The standard InChI is InChI=1S/C30H43NO5S/c1-19-8-10-20(11-9-19)28(33)31(21-12-14-22(15-13-21)36-26-7-5-6-25(26)32)24-18-23(16-17-30(2,3)4)37-27(24)29(34)35/h18-22,25-26,32H,5-15H2,1-4H3,(H,34,35)/t19?,20?,21?,22?,25-,26+/m1/s1. The minimum atomic E-state index is -1.01. The molecule has 1 amide bonds. The SMILES string of the molecule is CC1CCC(C(=O)N(c2cc(C#CC(C)(C)C)sc2C(=O)O)C2CCC(O[C@H]3CCC[C@H]3O)CC2)CC1. The predicted molar refractivity (Wildman–Crippen MR) is 147 cm³/mol. The molecule has 3 aliphatic rings. The Morgan fingerprint density at radius 2 is 1.70 bits per heavy atom. The molecule has 0 radical (unpaired) electrons. The number of rotatable bonds is 6. The molecule has 7 heteroatoms. The molecule has 0 saturated heterocycles. The zero-order chi connectivity index (χ0) is 26.7. The Balaban J connectivity index is 1.59. The van der Waals surface area contributed by atoms with Crippen LogP contribution >= 0.6 is 11.3 Å². The van der Waals surface area contributed by atoms with E-state index in [1.54, 1.807) is 0 Å². The fourth-order valence-electron chi connectivity index (χ4n) is 5.98. The second kappa shape index (κ2) is 11.9. The molecule has 3 aliphatic carbocycles. The number of aromatic carboxylic acids is 1. The quantitative estimate of drug-likeness (QED) is 0.426. The van der Waals surface area contributed by atoms with Crippen molar-refractivity contribution in [3.63, 3.8) is 0 Å². The first-order valence-corrected chi connectivity index (χ1v) is 14.9. The molecular weight excluding hydrogens is 486 g/mol. The summed E-state index contributed by atoms with van der Waals surface area (Å²) in [7, 11) is 0. The van der Waals surface area contributed by atoms with E-state index in [0.717, 1.165) is 70.6 Å². The van der Waals surface area contributed by atoms with Crippen molar-refractivity contribution in [2.75, 3.05) is 4.90 Å². The fraction of sp³-hybridized carbons (Fsp3) is 0.733. The summed E-state index contributed by atoms with van der Waals surface area (Å²) in [5.41, 5.74) is 0.308. The lowest BCUT2D eigenvalue weighted by molar-refractivity contribution is -0.124. The molecule has 0 bridgehead atoms. The van der Waals surface area contributed by atoms with Crippen LogP contribution in [0, 0.1) is 29.1 Å². The van der Waals surface area contributed by atoms with Crippen molar-refractivity contribution < 1.29 is 24.5 Å². The molecule has 2 N–H and O–H groups in total. The van der Waals surface area contributed by atoms with E-state index in [-0.39, 0.29) is 46.5 Å². The largest absolute Gasteiger partial charge is 0.477 e. The van der Waals surface area contributed by atoms with Crippen molar-refractivity contribution in [3.05, 3.63) is 15.8 Å². The number of aliphatic hydroxyl groups excluding tert-OH is 1. The molecule has 0 aliphatic heterocycles. The van der Waals surface area contributed by atoms with Gasteiger partial charge in [0.1, 0.15) is 4.88 Å². The Hall–Kier alpha value is -1.88. The normalized spacial score (nSPS) is 30.4. The lowest BCUT2D eigenvalue weighted by atomic mass is 9.81. The van der Waals surface area contributed by atoms with Crippen LogP contribution in [0.15, 0.2) is 6.07 Å². The summed E-state index contributed by atoms with van der Waals surface area (Å²) in [4.78, 5) is 29.1. The number of thiophene rings is 1. The number of anilines is 1. The summed E-state index contributed by atoms with van der Waals surface area (Å²) in [6.07, 6.45) is 9.26. The van der Waals surface area contributed by atoms with E-state index >= 15 is 0 Å². The molecule has 6 nitrogen and oxygen atoms in total. The maximum atomic E-state index is 14.0. The van der Waals surface area contributed by atoms with Crippen molar-refractivity contribution in [2.24, 2.45) is 17.3 Å². The lowest BCUT2D eigenvalue weighted by Crippen LogP contribution is -2.47. The van der Waals surface area contributed by atoms with Gasteiger partial charge in [0, 0.05) is 17.4 Å². The number of hydrogen-bond donors (Lipinski definition) is 2. The lowest BCUT2D eigenvalue weighted by Gasteiger charge is -2.40. The number of hydrogen-bond acceptors (Lipinski definition) is 5. The van der Waals surface area contributed by atoms with Crippen LogP contribution in [0.2, 0.25) is 0 Å². The van der Waals surface area contributed by atoms with E-state index in [1.807, 2.05) is 31.7 Å². The summed E-state index contributed by atoms with van der Waals surface area (Å²) in [5, 5.41) is 20.3. The maximum absolute atomic E-state index is 14.0. The fourth-order valence-corrected chi connectivity index (χ4v) is 6.82. The number of carbonyl (C=O) groups is 2. The molecular formula is C30H43NO5S. The number of carbonyl (C=O) groups excluding carboxylic acids is 1. The van der Waals surface area contributed by atoms with Gasteiger partial charge in [-0.3, -0.25) is 4.79 Å². The first-order valence-electron chi connectivity index (χ1n) is 14.1. The number of amides is 1. The van der Waals surface area contributed by atoms with Crippen molar-refractivity contribution in [2.45, 2.75) is 123 Å². The highest BCUT2D eigenvalue weighted by atomic mass is 32.1. The molecule has 0 aromatic carbocycles. The molecule has 204 valence electrons. The van der Waals surface area contributed by atoms with Gasteiger partial charge >= 0.3 is 5.97 Å². The van der Waals surface area contributed by atoms with Crippen LogP contribution in [0.25, 0.3) is 0 Å². The third kappa shape index (κ3) is 7.16. The molecule has 4 rings (SSSR count). The van der Waals surface area contributed by atoms with Gasteiger partial charge in [-0.15, -0.1) is 11.3 Å². The van der Waals surface area contributed by atoms with Crippen LogP contribution in [0.3, 0.4) is 0 Å². The highest BCUT2D eigenvalue weighted by Gasteiger charge is 2.38. The van der Waals surface area contributed by atoms with Crippen LogP contribution in [0.4, 0.5) is 5.69 Å². The van der Waals surface area contributed by atoms with E-state index in [0.29, 0.717) is 16.5 Å². The van der Waals surface area contributed by atoms with Gasteiger partial charge in [-0.1, -0.05) is 18.8 Å². The van der Waals surface area contributed by atoms with Crippen LogP contribution in [0.5, 0.6) is 0 Å². The van der Waals surface area contributed by atoms with Gasteiger partial charge in [0.05, 0.1) is 28.9 Å². The average molecular weight is 530 g/mol. The highest BCUT2D eigenvalue weighted by Crippen LogP contribution is 2.39. The topological polar surface area (TPSA) is 87.1 Å². The van der Waals surface area contributed by atoms with E-state index in [9.17, 15) is 19.8 Å². The minimum absolute atomic E-state index is 0.0590. The summed E-state index contributed by atoms with van der Waals surface area (Å²) in [6, 6.07) is 1.77. The first-order chi connectivity index (χ1) is 17.5. The third-order valence-electron chi connectivity index (χ3n) is 8.12. The Morgan fingerprint density at radius 1 is 1.03 bits per heavy atom. The Kier molecular flexibility index (Phi) is 9.04. The van der Waals surface area contributed by atoms with Gasteiger partial charge in [0.15, 0.2) is 0 Å². The van der Waals surface area contributed by atoms with Crippen molar-refractivity contribution in [1.29, 1.82) is 0 Å². The zero-order valence-electron chi connectivity index (χ0n) is 22.8. The molecule has 0 spiro atoms. The van der Waals surface area contributed by atoms with E-state index in [1.165, 1.54) is 11.3 Å². The molecule has 3 saturated carbocycles. The van der Waals surface area contributed by atoms with Crippen LogP contribution in [0.1, 0.15) is 113 Å². The van der Waals surface area contributed by atoms with Crippen LogP contribution in [-0.2, 0) is 9.53 Å². The van der Waals surface area contributed by atoms with E-state index < -0.39 is 5.97 Å². The third-order valence-corrected chi connectivity index (χ3v) is 9.15. The number of carboxylic acids is 1. The van der Waals surface area contributed by atoms with Gasteiger partial charge < -0.3 is 19.8 Å². The smallest absolute Gasteiger partial charge is 0.348 e. The second-order valence-corrected chi connectivity index (χ2v) is 13.5. The van der Waals surface area contributed by atoms with Gasteiger partial charge in [-0.2, -0.15) is 0 Å². The molecule has 2 atom stereocenters. The van der Waals surface area contributed by atoms with Crippen LogP contribution < -0.4 is 4.90 Å². The zero-order valence-corrected chi connectivity index (χ0v) is 23.6. The molecule has 1 aromatic rings. The summed E-state index contributed by atoms with van der Waals surface area (Å²) in [5.74, 6) is 5.99. The minimum Gasteiger partial charge on any atom is -0.477 e. The van der Waals surface area contributed by atoms with E-state index in [2.05, 4.69) is 18.8 Å². The average Bonchev–Trinajstić information content (AvgIpc) is 3.45. The summed E-state index contributed by atoms with van der Waals surface area (Å²) in [6.45, 7) is 8.31. The van der Waals surface area contributed by atoms with Crippen molar-refractivity contribution in [3.8, 4) is 11.8 Å². The molecule has 1 heterocycles. The first kappa shape index (κ1) is 28.1. The molecule has 1 aromatic heterocycles. The number of ether oxygens (including phenoxy) is 1. The van der Waals surface area contributed by atoms with Gasteiger partial charge in [-0.25, -0.2) is 4.79 Å². The van der Waals surface area contributed by atoms with Gasteiger partial charge in [0.25, 0.3) is 0 Å². The van der Waals surface area contributed by atoms with Crippen LogP contribution in [-0.4, -0.2) is 46.4 Å². The maximum Gasteiger partial charge on any atom is 0.348 e.